The van der Waals surface area contributed by atoms with Gasteiger partial charge in [0.1, 0.15) is 11.5 Å². The second kappa shape index (κ2) is 6.24. The maximum absolute atomic E-state index is 12.2. The van der Waals surface area contributed by atoms with Crippen LogP contribution < -0.4 is 5.56 Å². The van der Waals surface area contributed by atoms with Crippen molar-refractivity contribution in [2.24, 2.45) is 0 Å². The monoisotopic (exact) mass is 352 g/mol. The lowest BCUT2D eigenvalue weighted by molar-refractivity contribution is -0.384. The molecule has 0 amide bonds. The van der Waals surface area contributed by atoms with Gasteiger partial charge in [-0.15, -0.1) is 10.2 Å². The number of para-hydroxylation sites is 1. The van der Waals surface area contributed by atoms with E-state index in [4.69, 9.17) is 4.42 Å². The molecule has 0 aliphatic rings. The molecular weight excluding hydrogens is 340 g/mol. The van der Waals surface area contributed by atoms with Crippen molar-refractivity contribution in [3.8, 4) is 11.4 Å². The number of aromatic nitrogens is 5. The van der Waals surface area contributed by atoms with Crippen molar-refractivity contribution in [3.63, 3.8) is 0 Å². The number of rotatable bonds is 5. The highest BCUT2D eigenvalue weighted by molar-refractivity contribution is 5.68. The zero-order chi connectivity index (χ0) is 18.1. The van der Waals surface area contributed by atoms with Gasteiger partial charge in [0.2, 0.25) is 0 Å². The van der Waals surface area contributed by atoms with E-state index in [9.17, 15) is 14.9 Å². The first-order valence-corrected chi connectivity index (χ1v) is 7.74. The number of benzene rings is 1. The van der Waals surface area contributed by atoms with Crippen LogP contribution in [0.3, 0.4) is 0 Å². The van der Waals surface area contributed by atoms with Crippen LogP contribution in [-0.4, -0.2) is 29.7 Å². The van der Waals surface area contributed by atoms with Crippen molar-refractivity contribution in [3.05, 3.63) is 74.6 Å². The molecule has 0 fully saturated rings. The summed E-state index contributed by atoms with van der Waals surface area (Å²) in [4.78, 5) is 25.5. The third-order valence-electron chi connectivity index (χ3n) is 3.88. The molecule has 3 aromatic heterocycles. The average Bonchev–Trinajstić information content (AvgIpc) is 3.29. The van der Waals surface area contributed by atoms with Crippen molar-refractivity contribution in [1.82, 2.24) is 24.8 Å². The molecule has 0 aliphatic heterocycles. The number of hydrogen-bond acceptors (Lipinski definition) is 7. The molecule has 10 nitrogen and oxygen atoms in total. The Bertz CT molecular complexity index is 1150. The quantitative estimate of drug-likeness (QED) is 0.427. The summed E-state index contributed by atoms with van der Waals surface area (Å²) in [5, 5.41) is 23.4. The fourth-order valence-corrected chi connectivity index (χ4v) is 2.64. The van der Waals surface area contributed by atoms with Crippen LogP contribution in [0.4, 0.5) is 5.69 Å². The summed E-state index contributed by atoms with van der Waals surface area (Å²) in [6.07, 6.45) is 2.40. The van der Waals surface area contributed by atoms with Crippen molar-refractivity contribution in [2.75, 3.05) is 0 Å². The molecule has 130 valence electrons. The summed E-state index contributed by atoms with van der Waals surface area (Å²) in [6.45, 7) is 0. The molecule has 0 saturated heterocycles. The number of nitro groups is 1. The van der Waals surface area contributed by atoms with E-state index >= 15 is 0 Å². The number of aromatic amines is 1. The molecule has 0 spiro atoms. The van der Waals surface area contributed by atoms with Crippen molar-refractivity contribution in [2.45, 2.75) is 12.8 Å². The van der Waals surface area contributed by atoms with Gasteiger partial charge in [-0.05, 0) is 18.2 Å². The fraction of sp³-hybridized carbons (Fsp3) is 0.125. The number of hydrogen-bond donors (Lipinski definition) is 1. The molecule has 0 bridgehead atoms. The summed E-state index contributed by atoms with van der Waals surface area (Å²) in [6, 6.07) is 9.73. The predicted octanol–water partition coefficient (Wildman–Crippen LogP) is 1.77. The summed E-state index contributed by atoms with van der Waals surface area (Å²) < 4.78 is 6.56. The van der Waals surface area contributed by atoms with E-state index in [0.29, 0.717) is 12.8 Å². The van der Waals surface area contributed by atoms with Gasteiger partial charge in [0.05, 0.1) is 16.7 Å². The Kier molecular flexibility index (Phi) is 3.77. The molecule has 0 aliphatic carbocycles. The first kappa shape index (κ1) is 15.7. The standard InChI is InChI=1S/C16H12N6O4/c23-15-12(8-7-10-4-3-9-26-10)20-21-14(18-19-16(21)17-15)11-5-1-2-6-13(11)22(24)25/h1-6,9H,7-8H2,(H,17,19,23). The maximum Gasteiger partial charge on any atom is 0.280 e. The zero-order valence-electron chi connectivity index (χ0n) is 13.3. The lowest BCUT2D eigenvalue weighted by Crippen LogP contribution is -2.19. The Morgan fingerprint density at radius 3 is 2.77 bits per heavy atom. The Morgan fingerprint density at radius 2 is 2.00 bits per heavy atom. The zero-order valence-corrected chi connectivity index (χ0v) is 13.3. The molecule has 0 unspecified atom stereocenters. The lowest BCUT2D eigenvalue weighted by atomic mass is 10.2. The van der Waals surface area contributed by atoms with E-state index in [1.165, 1.54) is 10.6 Å². The van der Waals surface area contributed by atoms with E-state index in [1.54, 1.807) is 30.5 Å². The minimum atomic E-state index is -0.500. The minimum absolute atomic E-state index is 0.116. The first-order valence-electron chi connectivity index (χ1n) is 7.74. The van der Waals surface area contributed by atoms with Crippen LogP contribution in [0.5, 0.6) is 0 Å². The van der Waals surface area contributed by atoms with Gasteiger partial charge in [-0.25, -0.2) is 0 Å². The highest BCUT2D eigenvalue weighted by Crippen LogP contribution is 2.27. The predicted molar refractivity (Wildman–Crippen MR) is 89.6 cm³/mol. The molecule has 1 N–H and O–H groups in total. The van der Waals surface area contributed by atoms with Crippen LogP contribution in [-0.2, 0) is 12.8 Å². The SMILES string of the molecule is O=c1[nH]c2nnc(-c3ccccc3[N+](=O)[O-])n2nc1CCc1ccco1. The van der Waals surface area contributed by atoms with Gasteiger partial charge in [0.25, 0.3) is 17.0 Å². The van der Waals surface area contributed by atoms with Crippen LogP contribution >= 0.6 is 0 Å². The second-order valence-corrected chi connectivity index (χ2v) is 5.51. The number of aryl methyl sites for hydroxylation is 2. The minimum Gasteiger partial charge on any atom is -0.469 e. The van der Waals surface area contributed by atoms with Gasteiger partial charge < -0.3 is 4.42 Å². The molecule has 0 saturated carbocycles. The van der Waals surface area contributed by atoms with Crippen LogP contribution in [0.15, 0.2) is 51.9 Å². The van der Waals surface area contributed by atoms with Gasteiger partial charge >= 0.3 is 0 Å². The molecular formula is C16H12N6O4. The molecule has 0 atom stereocenters. The van der Waals surface area contributed by atoms with E-state index in [0.717, 1.165) is 5.76 Å². The second-order valence-electron chi connectivity index (χ2n) is 5.51. The molecule has 1 aromatic carbocycles. The van der Waals surface area contributed by atoms with Crippen LogP contribution in [0, 0.1) is 10.1 Å². The van der Waals surface area contributed by atoms with Crippen LogP contribution in [0.25, 0.3) is 17.2 Å². The summed E-state index contributed by atoms with van der Waals surface area (Å²) in [5.74, 6) is 1.03. The normalized spacial score (nSPS) is 11.1. The molecule has 4 aromatic rings. The fourth-order valence-electron chi connectivity index (χ4n) is 2.64. The number of nitrogens with zero attached hydrogens (tertiary/aromatic N) is 5. The van der Waals surface area contributed by atoms with E-state index in [1.807, 2.05) is 6.07 Å². The highest BCUT2D eigenvalue weighted by atomic mass is 16.6. The Balaban J connectivity index is 1.79. The smallest absolute Gasteiger partial charge is 0.280 e. The average molecular weight is 352 g/mol. The van der Waals surface area contributed by atoms with Crippen molar-refractivity contribution in [1.29, 1.82) is 0 Å². The van der Waals surface area contributed by atoms with E-state index < -0.39 is 4.92 Å². The van der Waals surface area contributed by atoms with Crippen LogP contribution in [0.2, 0.25) is 0 Å². The van der Waals surface area contributed by atoms with Crippen molar-refractivity contribution < 1.29 is 9.34 Å². The maximum atomic E-state index is 12.2. The highest BCUT2D eigenvalue weighted by Gasteiger charge is 2.21. The Morgan fingerprint density at radius 1 is 1.15 bits per heavy atom. The van der Waals surface area contributed by atoms with Crippen LogP contribution in [0.1, 0.15) is 11.5 Å². The molecule has 26 heavy (non-hydrogen) atoms. The largest absolute Gasteiger partial charge is 0.469 e. The number of furan rings is 1. The summed E-state index contributed by atoms with van der Waals surface area (Å²) in [7, 11) is 0. The Labute approximate surface area is 145 Å². The third-order valence-corrected chi connectivity index (χ3v) is 3.88. The van der Waals surface area contributed by atoms with Crippen molar-refractivity contribution >= 4 is 11.5 Å². The lowest BCUT2D eigenvalue weighted by Gasteiger charge is -2.03. The Hall–Kier alpha value is -3.82. The summed E-state index contributed by atoms with van der Waals surface area (Å²) >= 11 is 0. The molecule has 4 rings (SSSR count). The number of fused-ring (bicyclic) bond motifs is 1. The first-order chi connectivity index (χ1) is 12.6. The molecule has 0 radical (unpaired) electrons. The molecule has 10 heteroatoms. The van der Waals surface area contributed by atoms with Gasteiger partial charge in [0, 0.05) is 18.9 Å². The number of nitrogens with one attached hydrogen (secondary N) is 1. The number of nitro benzene ring substituents is 1. The summed E-state index contributed by atoms with van der Waals surface area (Å²) in [5.41, 5.74) is 0.0209. The van der Waals surface area contributed by atoms with Gasteiger partial charge in [-0.3, -0.25) is 19.9 Å². The topological polar surface area (TPSA) is 132 Å². The van der Waals surface area contributed by atoms with Gasteiger partial charge in [0.15, 0.2) is 5.82 Å². The number of H-pyrrole nitrogens is 1. The van der Waals surface area contributed by atoms with E-state index in [-0.39, 0.29) is 34.1 Å². The third kappa shape index (κ3) is 2.73. The van der Waals surface area contributed by atoms with Gasteiger partial charge in [-0.1, -0.05) is 12.1 Å². The molecule has 3 heterocycles. The van der Waals surface area contributed by atoms with Gasteiger partial charge in [-0.2, -0.15) is 9.61 Å². The van der Waals surface area contributed by atoms with E-state index in [2.05, 4.69) is 20.3 Å².